The van der Waals surface area contributed by atoms with Gasteiger partial charge in [-0.15, -0.1) is 11.3 Å². The first-order valence-electron chi connectivity index (χ1n) is 8.45. The number of aromatic nitrogens is 1. The van der Waals surface area contributed by atoms with Gasteiger partial charge in [0.25, 0.3) is 5.91 Å². The Hall–Kier alpha value is -1.90. The monoisotopic (exact) mass is 381 g/mol. The molecule has 0 bridgehead atoms. The van der Waals surface area contributed by atoms with E-state index in [9.17, 15) is 13.6 Å². The number of thiazole rings is 1. The van der Waals surface area contributed by atoms with E-state index in [-0.39, 0.29) is 11.9 Å². The van der Waals surface area contributed by atoms with Crippen molar-refractivity contribution >= 4 is 17.2 Å². The average molecular weight is 381 g/mol. The molecule has 1 N–H and O–H groups in total. The lowest BCUT2D eigenvalue weighted by molar-refractivity contribution is 0.0904. The number of hydrogen-bond donors (Lipinski definition) is 1. The van der Waals surface area contributed by atoms with Crippen LogP contribution >= 0.6 is 11.3 Å². The zero-order valence-corrected chi connectivity index (χ0v) is 15.3. The second-order valence-corrected chi connectivity index (χ2v) is 7.27. The van der Waals surface area contributed by atoms with Crippen LogP contribution in [0.1, 0.15) is 33.9 Å². The van der Waals surface area contributed by atoms with Crippen LogP contribution in [0.4, 0.5) is 8.78 Å². The quantitative estimate of drug-likeness (QED) is 0.836. The van der Waals surface area contributed by atoms with E-state index in [1.165, 1.54) is 17.4 Å². The minimum atomic E-state index is -0.828. The number of nitrogens with one attached hydrogen (secondary N) is 1. The summed E-state index contributed by atoms with van der Waals surface area (Å²) in [6.07, 6.45) is 1.62. The highest BCUT2D eigenvalue weighted by atomic mass is 32.1. The molecule has 0 spiro atoms. The molecule has 1 amide bonds. The third-order valence-corrected chi connectivity index (χ3v) is 5.19. The van der Waals surface area contributed by atoms with Crippen LogP contribution in [0.5, 0.6) is 0 Å². The van der Waals surface area contributed by atoms with Gasteiger partial charge in [-0.2, -0.15) is 0 Å². The van der Waals surface area contributed by atoms with Crippen LogP contribution in [0.3, 0.4) is 0 Å². The minimum Gasteiger partial charge on any atom is -0.378 e. The maximum absolute atomic E-state index is 13.3. The largest absolute Gasteiger partial charge is 0.378 e. The average Bonchev–Trinajstić information content (AvgIpc) is 3.09. The molecular formula is C18H21F2N3O2S. The summed E-state index contributed by atoms with van der Waals surface area (Å²) in [4.78, 5) is 18.7. The Labute approximate surface area is 155 Å². The van der Waals surface area contributed by atoms with Crippen LogP contribution in [0, 0.1) is 11.6 Å². The molecule has 3 rings (SSSR count). The molecule has 2 aromatic rings. The van der Waals surface area contributed by atoms with E-state index >= 15 is 0 Å². The highest BCUT2D eigenvalue weighted by Gasteiger charge is 2.22. The van der Waals surface area contributed by atoms with Crippen molar-refractivity contribution in [2.75, 3.05) is 20.2 Å². The molecule has 2 heterocycles. The van der Waals surface area contributed by atoms with Crippen LogP contribution in [0.25, 0.3) is 0 Å². The molecule has 1 fully saturated rings. The van der Waals surface area contributed by atoms with Gasteiger partial charge < -0.3 is 10.1 Å². The first kappa shape index (κ1) is 18.9. The topological polar surface area (TPSA) is 54.5 Å². The number of piperidine rings is 1. The van der Waals surface area contributed by atoms with Crippen molar-refractivity contribution in [3.8, 4) is 0 Å². The predicted molar refractivity (Wildman–Crippen MR) is 95.0 cm³/mol. The lowest BCUT2D eigenvalue weighted by Gasteiger charge is -2.32. The molecular weight excluding hydrogens is 360 g/mol. The number of rotatable bonds is 6. The van der Waals surface area contributed by atoms with E-state index in [4.69, 9.17) is 4.74 Å². The van der Waals surface area contributed by atoms with E-state index in [0.29, 0.717) is 18.8 Å². The molecule has 1 aliphatic rings. The minimum absolute atomic E-state index is 0.0938. The number of amides is 1. The van der Waals surface area contributed by atoms with E-state index in [0.717, 1.165) is 42.6 Å². The summed E-state index contributed by atoms with van der Waals surface area (Å²) >= 11 is 1.41. The maximum Gasteiger partial charge on any atom is 0.270 e. The lowest BCUT2D eigenvalue weighted by atomic mass is 10.0. The molecule has 0 radical (unpaired) electrons. The number of ether oxygens (including phenoxy) is 1. The summed E-state index contributed by atoms with van der Waals surface area (Å²) in [5.74, 6) is -1.81. The number of nitrogens with zero attached hydrogens (tertiary/aromatic N) is 2. The van der Waals surface area contributed by atoms with Crippen LogP contribution < -0.4 is 5.32 Å². The fraction of sp³-hybridized carbons (Fsp3) is 0.444. The number of benzene rings is 1. The zero-order valence-electron chi connectivity index (χ0n) is 14.5. The molecule has 5 nitrogen and oxygen atoms in total. The molecule has 0 saturated carbocycles. The maximum atomic E-state index is 13.3. The second-order valence-electron chi connectivity index (χ2n) is 6.33. The Bertz CT molecular complexity index is 761. The molecule has 26 heavy (non-hydrogen) atoms. The van der Waals surface area contributed by atoms with Gasteiger partial charge in [0.15, 0.2) is 11.6 Å². The first-order chi connectivity index (χ1) is 12.5. The first-order valence-corrected chi connectivity index (χ1v) is 9.33. The Morgan fingerprint density at radius 3 is 2.81 bits per heavy atom. The van der Waals surface area contributed by atoms with Gasteiger partial charge in [0.2, 0.25) is 0 Å². The molecule has 0 aliphatic carbocycles. The molecule has 140 valence electrons. The Morgan fingerprint density at radius 2 is 2.12 bits per heavy atom. The Morgan fingerprint density at radius 1 is 1.35 bits per heavy atom. The predicted octanol–water partition coefficient (Wildman–Crippen LogP) is 2.96. The lowest BCUT2D eigenvalue weighted by Crippen LogP contribution is -2.44. The van der Waals surface area contributed by atoms with Crippen LogP contribution in [-0.4, -0.2) is 42.0 Å². The van der Waals surface area contributed by atoms with Crippen molar-refractivity contribution in [2.45, 2.75) is 32.0 Å². The Kier molecular flexibility index (Phi) is 6.29. The van der Waals surface area contributed by atoms with Crippen molar-refractivity contribution in [3.63, 3.8) is 0 Å². The number of methoxy groups -OCH3 is 1. The van der Waals surface area contributed by atoms with Gasteiger partial charge in [-0.3, -0.25) is 9.69 Å². The summed E-state index contributed by atoms with van der Waals surface area (Å²) in [5, 5.41) is 5.53. The number of halogens is 2. The highest BCUT2D eigenvalue weighted by Crippen LogP contribution is 2.17. The van der Waals surface area contributed by atoms with Gasteiger partial charge in [-0.1, -0.05) is 6.07 Å². The molecule has 0 unspecified atom stereocenters. The number of likely N-dealkylation sites (tertiary alicyclic amines) is 1. The Balaban J connectivity index is 1.47. The highest BCUT2D eigenvalue weighted by molar-refractivity contribution is 7.09. The summed E-state index contributed by atoms with van der Waals surface area (Å²) in [7, 11) is 1.59. The SMILES string of the molecule is COCc1nc(C(=O)NC2CCN(Cc3ccc(F)c(F)c3)CC2)cs1. The van der Waals surface area contributed by atoms with Gasteiger partial charge in [-0.25, -0.2) is 13.8 Å². The molecule has 1 aliphatic heterocycles. The third-order valence-electron chi connectivity index (χ3n) is 4.37. The van der Waals surface area contributed by atoms with Gasteiger partial charge in [0.05, 0.1) is 6.61 Å². The molecule has 1 aromatic heterocycles. The second kappa shape index (κ2) is 8.66. The smallest absolute Gasteiger partial charge is 0.270 e. The fourth-order valence-corrected chi connectivity index (χ4v) is 3.74. The van der Waals surface area contributed by atoms with E-state index < -0.39 is 11.6 Å². The van der Waals surface area contributed by atoms with Crippen molar-refractivity contribution in [1.29, 1.82) is 0 Å². The van der Waals surface area contributed by atoms with Gasteiger partial charge >= 0.3 is 0 Å². The van der Waals surface area contributed by atoms with Gasteiger partial charge in [-0.05, 0) is 30.5 Å². The summed E-state index contributed by atoms with van der Waals surface area (Å²) < 4.78 is 31.3. The van der Waals surface area contributed by atoms with E-state index in [2.05, 4.69) is 15.2 Å². The van der Waals surface area contributed by atoms with E-state index in [1.54, 1.807) is 18.6 Å². The molecule has 1 saturated heterocycles. The molecule has 1 aromatic carbocycles. The zero-order chi connectivity index (χ0) is 18.5. The van der Waals surface area contributed by atoms with E-state index in [1.807, 2.05) is 0 Å². The van der Waals surface area contributed by atoms with Crippen LogP contribution in [0.2, 0.25) is 0 Å². The van der Waals surface area contributed by atoms with Crippen LogP contribution in [-0.2, 0) is 17.9 Å². The van der Waals surface area contributed by atoms with Crippen molar-refractivity contribution < 1.29 is 18.3 Å². The van der Waals surface area contributed by atoms with Crippen molar-refractivity contribution in [2.24, 2.45) is 0 Å². The van der Waals surface area contributed by atoms with Gasteiger partial charge in [0.1, 0.15) is 10.7 Å². The molecule has 8 heteroatoms. The summed E-state index contributed by atoms with van der Waals surface area (Å²) in [6.45, 7) is 2.55. The van der Waals surface area contributed by atoms with Gasteiger partial charge in [0, 0.05) is 38.2 Å². The third kappa shape index (κ3) is 4.84. The molecule has 0 atom stereocenters. The number of hydrogen-bond acceptors (Lipinski definition) is 5. The number of carbonyl (C=O) groups is 1. The van der Waals surface area contributed by atoms with Crippen molar-refractivity contribution in [1.82, 2.24) is 15.2 Å². The summed E-state index contributed by atoms with van der Waals surface area (Å²) in [5.41, 5.74) is 1.17. The summed E-state index contributed by atoms with van der Waals surface area (Å²) in [6, 6.07) is 4.09. The number of carbonyl (C=O) groups excluding carboxylic acids is 1. The fourth-order valence-electron chi connectivity index (χ4n) is 3.00. The standard InChI is InChI=1S/C18H21F2N3O2S/c1-25-10-17-22-16(11-26-17)18(24)21-13-4-6-23(7-5-13)9-12-2-3-14(19)15(20)8-12/h2-3,8,11,13H,4-7,9-10H2,1H3,(H,21,24). The van der Waals surface area contributed by atoms with Crippen molar-refractivity contribution in [3.05, 3.63) is 51.5 Å². The van der Waals surface area contributed by atoms with Crippen LogP contribution in [0.15, 0.2) is 23.6 Å². The normalized spacial score (nSPS) is 16.0.